The van der Waals surface area contributed by atoms with Crippen molar-refractivity contribution in [2.45, 2.75) is 37.1 Å². The molecular formula is C15H19N3OS. The molecule has 0 spiro atoms. The van der Waals surface area contributed by atoms with Crippen LogP contribution in [0.3, 0.4) is 0 Å². The zero-order chi connectivity index (χ0) is 14.4. The van der Waals surface area contributed by atoms with Gasteiger partial charge in [0.05, 0.1) is 11.4 Å². The van der Waals surface area contributed by atoms with Crippen LogP contribution in [0.5, 0.6) is 0 Å². The van der Waals surface area contributed by atoms with Gasteiger partial charge in [-0.3, -0.25) is 4.79 Å². The van der Waals surface area contributed by atoms with Crippen LogP contribution in [-0.4, -0.2) is 16.0 Å². The molecule has 1 aromatic carbocycles. The summed E-state index contributed by atoms with van der Waals surface area (Å²) >= 11 is 1.66. The summed E-state index contributed by atoms with van der Waals surface area (Å²) in [7, 11) is 0. The smallest absolute Gasteiger partial charge is 0.251 e. The number of benzene rings is 1. The van der Waals surface area contributed by atoms with Crippen LogP contribution in [0.1, 0.15) is 25.4 Å². The first kappa shape index (κ1) is 14.8. The summed E-state index contributed by atoms with van der Waals surface area (Å²) in [6.07, 6.45) is 0. The maximum absolute atomic E-state index is 11.6. The molecule has 0 aliphatic heterocycles. The summed E-state index contributed by atoms with van der Waals surface area (Å²) in [4.78, 5) is 20.1. The van der Waals surface area contributed by atoms with E-state index in [1.165, 1.54) is 4.90 Å². The molecule has 0 bridgehead atoms. The number of hydrogen-bond acceptors (Lipinski definition) is 4. The van der Waals surface area contributed by atoms with Gasteiger partial charge >= 0.3 is 0 Å². The molecule has 0 fully saturated rings. The van der Waals surface area contributed by atoms with Crippen molar-refractivity contribution in [1.82, 2.24) is 15.3 Å². The quantitative estimate of drug-likeness (QED) is 0.802. The van der Waals surface area contributed by atoms with Crippen LogP contribution in [0.25, 0.3) is 0 Å². The van der Waals surface area contributed by atoms with Crippen LogP contribution in [0.4, 0.5) is 0 Å². The molecule has 1 heterocycles. The van der Waals surface area contributed by atoms with Gasteiger partial charge in [-0.15, -0.1) is 11.8 Å². The van der Waals surface area contributed by atoms with Crippen molar-refractivity contribution in [1.29, 1.82) is 0 Å². The normalized spacial score (nSPS) is 10.9. The standard InChI is InChI=1S/C15H19N3OS/c1-11(2)16-9-12-8-15(19)18-14(17-12)10-20-13-6-4-3-5-7-13/h3-8,11,16H,9-10H2,1-2H3,(H,17,18,19). The minimum atomic E-state index is -0.0933. The first-order valence-electron chi connectivity index (χ1n) is 6.64. The lowest BCUT2D eigenvalue weighted by molar-refractivity contribution is 0.579. The maximum atomic E-state index is 11.6. The molecule has 5 heteroatoms. The Morgan fingerprint density at radius 1 is 1.30 bits per heavy atom. The zero-order valence-corrected chi connectivity index (χ0v) is 12.5. The van der Waals surface area contributed by atoms with E-state index in [-0.39, 0.29) is 5.56 Å². The molecule has 0 saturated carbocycles. The number of hydrogen-bond donors (Lipinski definition) is 2. The van der Waals surface area contributed by atoms with Crippen LogP contribution in [-0.2, 0) is 12.3 Å². The number of nitrogens with zero attached hydrogens (tertiary/aromatic N) is 1. The number of aromatic amines is 1. The van der Waals surface area contributed by atoms with Gasteiger partial charge < -0.3 is 10.3 Å². The molecule has 0 aliphatic rings. The van der Waals surface area contributed by atoms with Crippen molar-refractivity contribution in [2.75, 3.05) is 0 Å². The van der Waals surface area contributed by atoms with E-state index in [0.29, 0.717) is 24.2 Å². The highest BCUT2D eigenvalue weighted by molar-refractivity contribution is 7.98. The lowest BCUT2D eigenvalue weighted by Crippen LogP contribution is -2.24. The molecule has 0 amide bonds. The molecule has 106 valence electrons. The maximum Gasteiger partial charge on any atom is 0.251 e. The lowest BCUT2D eigenvalue weighted by Gasteiger charge is -2.08. The van der Waals surface area contributed by atoms with Gasteiger partial charge in [0.25, 0.3) is 5.56 Å². The molecule has 2 N–H and O–H groups in total. The fraction of sp³-hybridized carbons (Fsp3) is 0.333. The van der Waals surface area contributed by atoms with Gasteiger partial charge in [0.1, 0.15) is 5.82 Å². The molecule has 0 saturated heterocycles. The molecule has 4 nitrogen and oxygen atoms in total. The fourth-order valence-electron chi connectivity index (χ4n) is 1.70. The number of H-pyrrole nitrogens is 1. The third-order valence-corrected chi connectivity index (χ3v) is 3.68. The number of nitrogens with one attached hydrogen (secondary N) is 2. The Morgan fingerprint density at radius 2 is 2.05 bits per heavy atom. The largest absolute Gasteiger partial charge is 0.310 e. The van der Waals surface area contributed by atoms with Crippen molar-refractivity contribution >= 4 is 11.8 Å². The third-order valence-electron chi connectivity index (χ3n) is 2.65. The minimum Gasteiger partial charge on any atom is -0.310 e. The van der Waals surface area contributed by atoms with E-state index < -0.39 is 0 Å². The first-order valence-corrected chi connectivity index (χ1v) is 7.62. The van der Waals surface area contributed by atoms with Crippen LogP contribution in [0, 0.1) is 0 Å². The Labute approximate surface area is 123 Å². The first-order chi connectivity index (χ1) is 9.63. The highest BCUT2D eigenvalue weighted by Gasteiger charge is 2.03. The summed E-state index contributed by atoms with van der Waals surface area (Å²) in [6, 6.07) is 12.0. The van der Waals surface area contributed by atoms with E-state index >= 15 is 0 Å². The van der Waals surface area contributed by atoms with Gasteiger partial charge in [-0.05, 0) is 12.1 Å². The fourth-order valence-corrected chi connectivity index (χ4v) is 2.49. The topological polar surface area (TPSA) is 57.8 Å². The van der Waals surface area contributed by atoms with Gasteiger partial charge in [0.15, 0.2) is 0 Å². The van der Waals surface area contributed by atoms with Crippen molar-refractivity contribution in [3.05, 3.63) is 58.3 Å². The minimum absolute atomic E-state index is 0.0933. The second kappa shape index (κ2) is 7.26. The van der Waals surface area contributed by atoms with E-state index in [2.05, 4.69) is 29.1 Å². The third kappa shape index (κ3) is 4.83. The van der Waals surface area contributed by atoms with E-state index in [9.17, 15) is 4.79 Å². The van der Waals surface area contributed by atoms with E-state index in [4.69, 9.17) is 0 Å². The van der Waals surface area contributed by atoms with E-state index in [1.54, 1.807) is 17.8 Å². The van der Waals surface area contributed by atoms with Gasteiger partial charge in [-0.2, -0.15) is 0 Å². The molecule has 1 aromatic heterocycles. The molecule has 2 rings (SSSR count). The van der Waals surface area contributed by atoms with Gasteiger partial charge in [0, 0.05) is 23.5 Å². The average molecular weight is 289 g/mol. The molecule has 20 heavy (non-hydrogen) atoms. The monoisotopic (exact) mass is 289 g/mol. The molecule has 0 radical (unpaired) electrons. The number of thioether (sulfide) groups is 1. The highest BCUT2D eigenvalue weighted by Crippen LogP contribution is 2.20. The zero-order valence-electron chi connectivity index (χ0n) is 11.7. The Bertz CT molecular complexity index is 596. The van der Waals surface area contributed by atoms with Crippen LogP contribution < -0.4 is 10.9 Å². The molecular weight excluding hydrogens is 270 g/mol. The Hall–Kier alpha value is -1.59. The van der Waals surface area contributed by atoms with Crippen LogP contribution in [0.15, 0.2) is 46.1 Å². The van der Waals surface area contributed by atoms with Gasteiger partial charge in [-0.1, -0.05) is 32.0 Å². The van der Waals surface area contributed by atoms with Crippen molar-refractivity contribution < 1.29 is 0 Å². The van der Waals surface area contributed by atoms with Gasteiger partial charge in [0.2, 0.25) is 0 Å². The highest BCUT2D eigenvalue weighted by atomic mass is 32.2. The number of rotatable bonds is 6. The van der Waals surface area contributed by atoms with E-state index in [0.717, 1.165) is 5.69 Å². The van der Waals surface area contributed by atoms with Crippen molar-refractivity contribution in [2.24, 2.45) is 0 Å². The summed E-state index contributed by atoms with van der Waals surface area (Å²) in [5.74, 6) is 1.38. The SMILES string of the molecule is CC(C)NCc1cc(=O)[nH]c(CSc2ccccc2)n1. The van der Waals surface area contributed by atoms with Crippen molar-refractivity contribution in [3.8, 4) is 0 Å². The summed E-state index contributed by atoms with van der Waals surface area (Å²) in [6.45, 7) is 4.75. The lowest BCUT2D eigenvalue weighted by atomic mass is 10.3. The molecule has 2 aromatic rings. The van der Waals surface area contributed by atoms with Crippen LogP contribution >= 0.6 is 11.8 Å². The summed E-state index contributed by atoms with van der Waals surface area (Å²) < 4.78 is 0. The Kier molecular flexibility index (Phi) is 5.38. The van der Waals surface area contributed by atoms with E-state index in [1.807, 2.05) is 30.3 Å². The average Bonchev–Trinajstić information content (AvgIpc) is 2.44. The van der Waals surface area contributed by atoms with Crippen molar-refractivity contribution in [3.63, 3.8) is 0 Å². The number of aromatic nitrogens is 2. The molecule has 0 atom stereocenters. The molecule has 0 unspecified atom stereocenters. The summed E-state index contributed by atoms with van der Waals surface area (Å²) in [5, 5.41) is 3.27. The Balaban J connectivity index is 2.02. The van der Waals surface area contributed by atoms with Crippen LogP contribution in [0.2, 0.25) is 0 Å². The predicted octanol–water partition coefficient (Wildman–Crippen LogP) is 2.56. The second-order valence-corrected chi connectivity index (χ2v) is 5.87. The predicted molar refractivity (Wildman–Crippen MR) is 82.8 cm³/mol. The molecule has 0 aliphatic carbocycles. The Morgan fingerprint density at radius 3 is 2.75 bits per heavy atom. The second-order valence-electron chi connectivity index (χ2n) is 4.82. The summed E-state index contributed by atoms with van der Waals surface area (Å²) in [5.41, 5.74) is 0.690. The van der Waals surface area contributed by atoms with Gasteiger partial charge in [-0.25, -0.2) is 4.98 Å².